The molecule has 1 aromatic heterocycles. The maximum Gasteiger partial charge on any atom is 0.276 e. The average molecular weight is 471 g/mol. The zero-order chi connectivity index (χ0) is 24.4. The SMILES string of the molecule is COc1ccccc1NC(=O)c1ccc(NC(=O)c2nn(-c3ccccc3F)c3c2CCC3)cc1. The molecular formula is C27H23FN4O3. The van der Waals surface area contributed by atoms with Gasteiger partial charge in [-0.1, -0.05) is 24.3 Å². The number of carbonyl (C=O) groups is 2. The lowest BCUT2D eigenvalue weighted by Gasteiger charge is -2.10. The Hall–Kier alpha value is -4.46. The number of aromatic nitrogens is 2. The Morgan fingerprint density at radius 1 is 0.914 bits per heavy atom. The van der Waals surface area contributed by atoms with Crippen molar-refractivity contribution in [1.29, 1.82) is 0 Å². The number of hydrogen-bond donors (Lipinski definition) is 2. The minimum absolute atomic E-state index is 0.291. The molecule has 2 N–H and O–H groups in total. The quantitative estimate of drug-likeness (QED) is 0.415. The van der Waals surface area contributed by atoms with Crippen LogP contribution in [-0.4, -0.2) is 28.7 Å². The molecule has 3 aromatic carbocycles. The number of fused-ring (bicyclic) bond motifs is 1. The van der Waals surface area contributed by atoms with E-state index < -0.39 is 5.82 Å². The van der Waals surface area contributed by atoms with Crippen molar-refractivity contribution in [3.05, 3.63) is 101 Å². The highest BCUT2D eigenvalue weighted by Crippen LogP contribution is 2.29. The first-order chi connectivity index (χ1) is 17.0. The number of para-hydroxylation sites is 3. The zero-order valence-electron chi connectivity index (χ0n) is 19.0. The number of rotatable bonds is 6. The van der Waals surface area contributed by atoms with Gasteiger partial charge in [-0.25, -0.2) is 9.07 Å². The van der Waals surface area contributed by atoms with Crippen LogP contribution in [0.3, 0.4) is 0 Å². The molecule has 5 rings (SSSR count). The van der Waals surface area contributed by atoms with Gasteiger partial charge in [0.15, 0.2) is 5.69 Å². The van der Waals surface area contributed by atoms with E-state index in [-0.39, 0.29) is 11.8 Å². The summed E-state index contributed by atoms with van der Waals surface area (Å²) in [6.45, 7) is 0. The lowest BCUT2D eigenvalue weighted by atomic mass is 10.1. The molecule has 1 aliphatic carbocycles. The molecule has 0 saturated carbocycles. The van der Waals surface area contributed by atoms with E-state index in [9.17, 15) is 14.0 Å². The third-order valence-electron chi connectivity index (χ3n) is 5.99. The molecule has 0 atom stereocenters. The van der Waals surface area contributed by atoms with Gasteiger partial charge < -0.3 is 15.4 Å². The van der Waals surface area contributed by atoms with Gasteiger partial charge >= 0.3 is 0 Å². The van der Waals surface area contributed by atoms with Crippen molar-refractivity contribution in [2.24, 2.45) is 0 Å². The summed E-state index contributed by atoms with van der Waals surface area (Å²) in [5.74, 6) is -0.496. The number of hydrogen-bond acceptors (Lipinski definition) is 4. The van der Waals surface area contributed by atoms with Gasteiger partial charge in [-0.3, -0.25) is 9.59 Å². The van der Waals surface area contributed by atoms with E-state index >= 15 is 0 Å². The van der Waals surface area contributed by atoms with Crippen molar-refractivity contribution in [1.82, 2.24) is 9.78 Å². The van der Waals surface area contributed by atoms with Crippen LogP contribution in [0.4, 0.5) is 15.8 Å². The molecule has 0 unspecified atom stereocenters. The first kappa shape index (κ1) is 22.3. The molecule has 2 amide bonds. The van der Waals surface area contributed by atoms with Crippen LogP contribution >= 0.6 is 0 Å². The predicted molar refractivity (Wildman–Crippen MR) is 131 cm³/mol. The van der Waals surface area contributed by atoms with Crippen molar-refractivity contribution >= 4 is 23.2 Å². The number of nitrogens with zero attached hydrogens (tertiary/aromatic N) is 2. The number of anilines is 2. The van der Waals surface area contributed by atoms with Gasteiger partial charge in [0.2, 0.25) is 0 Å². The van der Waals surface area contributed by atoms with Crippen LogP contribution in [0.15, 0.2) is 72.8 Å². The fourth-order valence-corrected chi connectivity index (χ4v) is 4.28. The Bertz CT molecular complexity index is 1410. The lowest BCUT2D eigenvalue weighted by molar-refractivity contribution is 0.101. The molecule has 0 spiro atoms. The highest BCUT2D eigenvalue weighted by atomic mass is 19.1. The highest BCUT2D eigenvalue weighted by Gasteiger charge is 2.27. The minimum Gasteiger partial charge on any atom is -0.495 e. The molecule has 0 saturated heterocycles. The molecule has 0 fully saturated rings. The van der Waals surface area contributed by atoms with Crippen molar-refractivity contribution in [3.8, 4) is 11.4 Å². The van der Waals surface area contributed by atoms with E-state index in [1.807, 2.05) is 6.07 Å². The summed E-state index contributed by atoms with van der Waals surface area (Å²) in [5, 5.41) is 10.1. The fraction of sp³-hybridized carbons (Fsp3) is 0.148. The molecule has 0 radical (unpaired) electrons. The van der Waals surface area contributed by atoms with Crippen LogP contribution in [0.2, 0.25) is 0 Å². The summed E-state index contributed by atoms with van der Waals surface area (Å²) >= 11 is 0. The normalized spacial score (nSPS) is 12.2. The topological polar surface area (TPSA) is 85.2 Å². The molecular weight excluding hydrogens is 447 g/mol. The van der Waals surface area contributed by atoms with Crippen molar-refractivity contribution in [3.63, 3.8) is 0 Å². The van der Waals surface area contributed by atoms with E-state index in [1.54, 1.807) is 60.7 Å². The zero-order valence-corrected chi connectivity index (χ0v) is 19.0. The Balaban J connectivity index is 1.33. The van der Waals surface area contributed by atoms with Crippen molar-refractivity contribution < 1.29 is 18.7 Å². The molecule has 8 heteroatoms. The molecule has 35 heavy (non-hydrogen) atoms. The van der Waals surface area contributed by atoms with Crippen LogP contribution in [0, 0.1) is 5.82 Å². The maximum atomic E-state index is 14.4. The van der Waals surface area contributed by atoms with Gasteiger partial charge in [0, 0.05) is 22.5 Å². The first-order valence-electron chi connectivity index (χ1n) is 11.3. The summed E-state index contributed by atoms with van der Waals surface area (Å²) in [7, 11) is 1.54. The molecule has 1 heterocycles. The maximum absolute atomic E-state index is 14.4. The molecule has 1 aliphatic rings. The molecule has 7 nitrogen and oxygen atoms in total. The van der Waals surface area contributed by atoms with Crippen molar-refractivity contribution in [2.75, 3.05) is 17.7 Å². The number of benzene rings is 3. The lowest BCUT2D eigenvalue weighted by Crippen LogP contribution is -2.16. The fourth-order valence-electron chi connectivity index (χ4n) is 4.28. The van der Waals surface area contributed by atoms with Gasteiger partial charge in [0.05, 0.1) is 12.8 Å². The second-order valence-corrected chi connectivity index (χ2v) is 8.18. The van der Waals surface area contributed by atoms with Crippen LogP contribution in [0.25, 0.3) is 5.69 Å². The first-order valence-corrected chi connectivity index (χ1v) is 11.3. The Morgan fingerprint density at radius 2 is 1.66 bits per heavy atom. The van der Waals surface area contributed by atoms with Gasteiger partial charge in [-0.2, -0.15) is 5.10 Å². The van der Waals surface area contributed by atoms with Crippen LogP contribution < -0.4 is 15.4 Å². The van der Waals surface area contributed by atoms with Gasteiger partial charge in [-0.15, -0.1) is 0 Å². The molecule has 0 bridgehead atoms. The van der Waals surface area contributed by atoms with E-state index in [0.29, 0.717) is 40.5 Å². The predicted octanol–water partition coefficient (Wildman–Crippen LogP) is 5.01. The summed E-state index contributed by atoms with van der Waals surface area (Å²) in [4.78, 5) is 25.7. The minimum atomic E-state index is -0.390. The van der Waals surface area contributed by atoms with E-state index in [4.69, 9.17) is 4.74 Å². The number of halogens is 1. The Labute approximate surface area is 201 Å². The van der Waals surface area contributed by atoms with E-state index in [0.717, 1.165) is 24.1 Å². The number of amides is 2. The van der Waals surface area contributed by atoms with Gasteiger partial charge in [0.1, 0.15) is 17.3 Å². The largest absolute Gasteiger partial charge is 0.495 e. The smallest absolute Gasteiger partial charge is 0.276 e. The molecule has 176 valence electrons. The highest BCUT2D eigenvalue weighted by molar-refractivity contribution is 6.06. The second-order valence-electron chi connectivity index (χ2n) is 8.18. The third kappa shape index (κ3) is 4.38. The van der Waals surface area contributed by atoms with Gasteiger partial charge in [0.25, 0.3) is 11.8 Å². The number of ether oxygens (including phenoxy) is 1. The summed E-state index contributed by atoms with van der Waals surface area (Å²) in [5.41, 5.74) is 3.85. The van der Waals surface area contributed by atoms with Crippen molar-refractivity contribution in [2.45, 2.75) is 19.3 Å². The number of methoxy groups -OCH3 is 1. The summed E-state index contributed by atoms with van der Waals surface area (Å²) in [6, 6.07) is 20.1. The van der Waals surface area contributed by atoms with Crippen LogP contribution in [0.5, 0.6) is 5.75 Å². The van der Waals surface area contributed by atoms with Crippen LogP contribution in [0.1, 0.15) is 38.5 Å². The summed E-state index contributed by atoms with van der Waals surface area (Å²) < 4.78 is 21.2. The van der Waals surface area contributed by atoms with Crippen LogP contribution in [-0.2, 0) is 12.8 Å². The number of nitrogens with one attached hydrogen (secondary N) is 2. The monoisotopic (exact) mass is 470 g/mol. The number of carbonyl (C=O) groups excluding carboxylic acids is 2. The van der Waals surface area contributed by atoms with Gasteiger partial charge in [-0.05, 0) is 67.8 Å². The Kier molecular flexibility index (Phi) is 6.01. The van der Waals surface area contributed by atoms with E-state index in [1.165, 1.54) is 17.9 Å². The standard InChI is InChI=1S/C27H23FN4O3/c1-35-24-12-5-3-9-21(24)30-26(33)17-13-15-18(16-14-17)29-27(34)25-19-7-6-11-22(19)32(31-25)23-10-4-2-8-20(23)28/h2-5,8-10,12-16H,6-7,11H2,1H3,(H,29,34)(H,30,33). The third-order valence-corrected chi connectivity index (χ3v) is 5.99. The summed E-state index contributed by atoms with van der Waals surface area (Å²) in [6.07, 6.45) is 2.34. The molecule has 0 aliphatic heterocycles. The Morgan fingerprint density at radius 3 is 2.43 bits per heavy atom. The average Bonchev–Trinajstić information content (AvgIpc) is 3.48. The second kappa shape index (κ2) is 9.42. The van der Waals surface area contributed by atoms with E-state index in [2.05, 4.69) is 15.7 Å². The molecule has 4 aromatic rings.